The average Bonchev–Trinajstić information content (AvgIpc) is 2.70. The summed E-state index contributed by atoms with van der Waals surface area (Å²) in [6, 6.07) is 5.64. The van der Waals surface area contributed by atoms with Crippen molar-refractivity contribution in [3.63, 3.8) is 0 Å². The molecule has 0 saturated heterocycles. The van der Waals surface area contributed by atoms with Gasteiger partial charge in [0.05, 0.1) is 17.8 Å². The first-order valence-electron chi connectivity index (χ1n) is 5.22. The van der Waals surface area contributed by atoms with E-state index in [0.717, 1.165) is 16.8 Å². The third-order valence-corrected chi connectivity index (χ3v) is 2.86. The van der Waals surface area contributed by atoms with E-state index in [1.165, 1.54) is 0 Å². The van der Waals surface area contributed by atoms with E-state index in [-0.39, 0.29) is 0 Å². The Morgan fingerprint density at radius 3 is 2.82 bits per heavy atom. The SMILES string of the molecule is COc1ccc(-c2cn(C)nc2CN)cc1Cl. The van der Waals surface area contributed by atoms with Crippen LogP contribution >= 0.6 is 11.6 Å². The van der Waals surface area contributed by atoms with Crippen LogP contribution in [0, 0.1) is 0 Å². The van der Waals surface area contributed by atoms with Gasteiger partial charge in [-0.3, -0.25) is 4.68 Å². The molecule has 0 saturated carbocycles. The van der Waals surface area contributed by atoms with Crippen LogP contribution in [0.4, 0.5) is 0 Å². The van der Waals surface area contributed by atoms with Gasteiger partial charge in [-0.1, -0.05) is 17.7 Å². The molecular formula is C12H14ClN3O. The molecule has 0 radical (unpaired) electrons. The van der Waals surface area contributed by atoms with Crippen LogP contribution in [0.1, 0.15) is 5.69 Å². The number of aryl methyl sites for hydroxylation is 1. The first-order valence-corrected chi connectivity index (χ1v) is 5.60. The Morgan fingerprint density at radius 2 is 2.24 bits per heavy atom. The highest BCUT2D eigenvalue weighted by atomic mass is 35.5. The predicted octanol–water partition coefficient (Wildman–Crippen LogP) is 2.21. The van der Waals surface area contributed by atoms with Gasteiger partial charge < -0.3 is 10.5 Å². The van der Waals surface area contributed by atoms with Crippen LogP contribution in [0.3, 0.4) is 0 Å². The lowest BCUT2D eigenvalue weighted by atomic mass is 10.1. The van der Waals surface area contributed by atoms with E-state index in [4.69, 9.17) is 22.1 Å². The fourth-order valence-electron chi connectivity index (χ4n) is 1.76. The minimum Gasteiger partial charge on any atom is -0.495 e. The topological polar surface area (TPSA) is 53.1 Å². The first kappa shape index (κ1) is 12.0. The lowest BCUT2D eigenvalue weighted by molar-refractivity contribution is 0.415. The van der Waals surface area contributed by atoms with Crippen molar-refractivity contribution in [2.24, 2.45) is 12.8 Å². The van der Waals surface area contributed by atoms with Gasteiger partial charge in [0.25, 0.3) is 0 Å². The summed E-state index contributed by atoms with van der Waals surface area (Å²) < 4.78 is 6.87. The second-order valence-electron chi connectivity index (χ2n) is 3.72. The second-order valence-corrected chi connectivity index (χ2v) is 4.12. The summed E-state index contributed by atoms with van der Waals surface area (Å²) in [6.45, 7) is 0.403. The molecule has 0 bridgehead atoms. The van der Waals surface area contributed by atoms with Crippen molar-refractivity contribution in [1.29, 1.82) is 0 Å². The summed E-state index contributed by atoms with van der Waals surface area (Å²) in [6.07, 6.45) is 1.93. The van der Waals surface area contributed by atoms with E-state index in [9.17, 15) is 0 Å². The van der Waals surface area contributed by atoms with Crippen LogP contribution in [0.2, 0.25) is 5.02 Å². The van der Waals surface area contributed by atoms with E-state index >= 15 is 0 Å². The number of aromatic nitrogens is 2. The number of ether oxygens (including phenoxy) is 1. The smallest absolute Gasteiger partial charge is 0.137 e. The van der Waals surface area contributed by atoms with E-state index < -0.39 is 0 Å². The molecule has 1 heterocycles. The highest BCUT2D eigenvalue weighted by molar-refractivity contribution is 6.32. The Hall–Kier alpha value is -1.52. The molecule has 0 atom stereocenters. The summed E-state index contributed by atoms with van der Waals surface area (Å²) in [7, 11) is 3.46. The maximum Gasteiger partial charge on any atom is 0.137 e. The van der Waals surface area contributed by atoms with Crippen molar-refractivity contribution >= 4 is 11.6 Å². The van der Waals surface area contributed by atoms with E-state index in [1.807, 2.05) is 31.4 Å². The molecule has 0 aliphatic heterocycles. The van der Waals surface area contributed by atoms with Gasteiger partial charge in [-0.15, -0.1) is 0 Å². The number of halogens is 1. The van der Waals surface area contributed by atoms with Gasteiger partial charge in [0.1, 0.15) is 5.75 Å². The molecule has 90 valence electrons. The molecule has 2 rings (SSSR count). The first-order chi connectivity index (χ1) is 8.15. The lowest BCUT2D eigenvalue weighted by Crippen LogP contribution is -1.99. The fraction of sp³-hybridized carbons (Fsp3) is 0.250. The molecule has 4 nitrogen and oxygen atoms in total. The van der Waals surface area contributed by atoms with Crippen molar-refractivity contribution in [3.05, 3.63) is 35.1 Å². The van der Waals surface area contributed by atoms with E-state index in [2.05, 4.69) is 5.10 Å². The van der Waals surface area contributed by atoms with Crippen molar-refractivity contribution in [3.8, 4) is 16.9 Å². The van der Waals surface area contributed by atoms with Crippen LogP contribution in [0.25, 0.3) is 11.1 Å². The van der Waals surface area contributed by atoms with Gasteiger partial charge in [0.2, 0.25) is 0 Å². The molecule has 2 N–H and O–H groups in total. The van der Waals surface area contributed by atoms with Crippen LogP contribution in [-0.2, 0) is 13.6 Å². The fourth-order valence-corrected chi connectivity index (χ4v) is 2.02. The molecular weight excluding hydrogens is 238 g/mol. The Kier molecular flexibility index (Phi) is 3.36. The van der Waals surface area contributed by atoms with Crippen molar-refractivity contribution < 1.29 is 4.74 Å². The second kappa shape index (κ2) is 4.77. The van der Waals surface area contributed by atoms with Gasteiger partial charge in [0.15, 0.2) is 0 Å². The molecule has 17 heavy (non-hydrogen) atoms. The Labute approximate surface area is 105 Å². The Bertz CT molecular complexity index is 537. The highest BCUT2D eigenvalue weighted by Crippen LogP contribution is 2.31. The van der Waals surface area contributed by atoms with Gasteiger partial charge >= 0.3 is 0 Å². The van der Waals surface area contributed by atoms with Crippen molar-refractivity contribution in [2.45, 2.75) is 6.54 Å². The van der Waals surface area contributed by atoms with E-state index in [1.54, 1.807) is 11.8 Å². The summed E-state index contributed by atoms with van der Waals surface area (Å²) in [4.78, 5) is 0. The molecule has 0 amide bonds. The molecule has 5 heteroatoms. The third kappa shape index (κ3) is 2.28. The number of hydrogen-bond donors (Lipinski definition) is 1. The van der Waals surface area contributed by atoms with Gasteiger partial charge in [0, 0.05) is 25.4 Å². The monoisotopic (exact) mass is 251 g/mol. The Balaban J connectivity index is 2.49. The summed E-state index contributed by atoms with van der Waals surface area (Å²) in [5, 5.41) is 4.88. The zero-order valence-electron chi connectivity index (χ0n) is 9.77. The molecule has 2 aromatic rings. The minimum absolute atomic E-state index is 0.403. The van der Waals surface area contributed by atoms with E-state index in [0.29, 0.717) is 17.3 Å². The number of benzene rings is 1. The van der Waals surface area contributed by atoms with Crippen LogP contribution < -0.4 is 10.5 Å². The number of methoxy groups -OCH3 is 1. The largest absolute Gasteiger partial charge is 0.495 e. The van der Waals surface area contributed by atoms with Crippen molar-refractivity contribution in [2.75, 3.05) is 7.11 Å². The predicted molar refractivity (Wildman–Crippen MR) is 68.1 cm³/mol. The van der Waals surface area contributed by atoms with Gasteiger partial charge in [-0.25, -0.2) is 0 Å². The maximum absolute atomic E-state index is 6.10. The summed E-state index contributed by atoms with van der Waals surface area (Å²) in [5.74, 6) is 0.661. The summed E-state index contributed by atoms with van der Waals surface area (Å²) in [5.41, 5.74) is 8.51. The number of hydrogen-bond acceptors (Lipinski definition) is 3. The zero-order chi connectivity index (χ0) is 12.4. The van der Waals surface area contributed by atoms with Gasteiger partial charge in [-0.2, -0.15) is 5.10 Å². The molecule has 0 aliphatic rings. The molecule has 1 aromatic heterocycles. The number of nitrogens with two attached hydrogens (primary N) is 1. The molecule has 1 aromatic carbocycles. The number of rotatable bonds is 3. The van der Waals surface area contributed by atoms with Crippen molar-refractivity contribution in [1.82, 2.24) is 9.78 Å². The number of nitrogens with zero attached hydrogens (tertiary/aromatic N) is 2. The molecule has 0 spiro atoms. The quantitative estimate of drug-likeness (QED) is 0.910. The normalized spacial score (nSPS) is 10.6. The van der Waals surface area contributed by atoms with Crippen LogP contribution in [-0.4, -0.2) is 16.9 Å². The maximum atomic E-state index is 6.10. The highest BCUT2D eigenvalue weighted by Gasteiger charge is 2.10. The molecule has 0 unspecified atom stereocenters. The average molecular weight is 252 g/mol. The summed E-state index contributed by atoms with van der Waals surface area (Å²) >= 11 is 6.10. The zero-order valence-corrected chi connectivity index (χ0v) is 10.5. The molecule has 0 aliphatic carbocycles. The van der Waals surface area contributed by atoms with Crippen LogP contribution in [0.15, 0.2) is 24.4 Å². The standard InChI is InChI=1S/C12H14ClN3O/c1-16-7-9(11(6-14)15-16)8-3-4-12(17-2)10(13)5-8/h3-5,7H,6,14H2,1-2H3. The minimum atomic E-state index is 0.403. The van der Waals surface area contributed by atoms with Gasteiger partial charge in [-0.05, 0) is 17.7 Å². The van der Waals surface area contributed by atoms with Crippen LogP contribution in [0.5, 0.6) is 5.75 Å². The lowest BCUT2D eigenvalue weighted by Gasteiger charge is -2.05. The molecule has 0 fully saturated rings. The third-order valence-electron chi connectivity index (χ3n) is 2.56. The Morgan fingerprint density at radius 1 is 1.47 bits per heavy atom.